The third kappa shape index (κ3) is 5.42. The van der Waals surface area contributed by atoms with E-state index in [1.54, 1.807) is 6.07 Å². The van der Waals surface area contributed by atoms with Crippen molar-refractivity contribution < 1.29 is 14.0 Å². The Balaban J connectivity index is 1.86. The van der Waals surface area contributed by atoms with Gasteiger partial charge in [0.1, 0.15) is 5.82 Å². The number of carbonyl (C=O) groups excluding carboxylic acids is 2. The Kier molecular flexibility index (Phi) is 6.97. The number of amides is 2. The molecule has 144 valence electrons. The molecule has 1 aliphatic rings. The predicted octanol–water partition coefficient (Wildman–Crippen LogP) is 1.32. The molecule has 0 radical (unpaired) electrons. The number of carbonyl (C=O) groups is 2. The predicted molar refractivity (Wildman–Crippen MR) is 100 cm³/mol. The zero-order chi connectivity index (χ0) is 19.3. The molecule has 1 aliphatic heterocycles. The first-order chi connectivity index (χ1) is 12.3. The van der Waals surface area contributed by atoms with Crippen molar-refractivity contribution in [2.75, 3.05) is 24.5 Å². The first kappa shape index (κ1) is 20.2. The third-order valence-corrected chi connectivity index (χ3v) is 4.73. The fourth-order valence-electron chi connectivity index (χ4n) is 3.15. The summed E-state index contributed by atoms with van der Waals surface area (Å²) in [5.41, 5.74) is 7.63. The number of nitrogens with zero attached hydrogens (tertiary/aromatic N) is 1. The van der Waals surface area contributed by atoms with Crippen LogP contribution in [-0.2, 0) is 9.59 Å². The molecule has 0 spiro atoms. The third-order valence-electron chi connectivity index (χ3n) is 4.73. The summed E-state index contributed by atoms with van der Waals surface area (Å²) in [5.74, 6) is -0.772. The van der Waals surface area contributed by atoms with Gasteiger partial charge < -0.3 is 21.3 Å². The van der Waals surface area contributed by atoms with Crippen LogP contribution in [0, 0.1) is 18.7 Å². The summed E-state index contributed by atoms with van der Waals surface area (Å²) < 4.78 is 13.3. The second-order valence-electron chi connectivity index (χ2n) is 7.27. The molecule has 0 saturated carbocycles. The molecule has 4 N–H and O–H groups in total. The van der Waals surface area contributed by atoms with Crippen molar-refractivity contribution in [1.82, 2.24) is 10.6 Å². The summed E-state index contributed by atoms with van der Waals surface area (Å²) in [4.78, 5) is 26.1. The summed E-state index contributed by atoms with van der Waals surface area (Å²) >= 11 is 0. The lowest BCUT2D eigenvalue weighted by Crippen LogP contribution is -2.52. The summed E-state index contributed by atoms with van der Waals surface area (Å²) in [6, 6.07) is 4.14. The Labute approximate surface area is 154 Å². The van der Waals surface area contributed by atoms with Gasteiger partial charge in [0.05, 0.1) is 12.6 Å². The van der Waals surface area contributed by atoms with Gasteiger partial charge in [-0.1, -0.05) is 13.8 Å². The molecule has 1 unspecified atom stereocenters. The highest BCUT2D eigenvalue weighted by molar-refractivity contribution is 5.87. The van der Waals surface area contributed by atoms with Crippen LogP contribution in [-0.4, -0.2) is 43.5 Å². The van der Waals surface area contributed by atoms with Gasteiger partial charge in [-0.2, -0.15) is 0 Å². The molecule has 2 amide bonds. The standard InChI is InChI=1S/C19H29FN4O2/c1-12(2)18(21)19(26)22-10-17(25)23-15-5-4-8-24(11-15)16-7-6-14(20)9-13(16)3/h6-7,9,12,15,18H,4-5,8,10-11,21H2,1-3H3,(H,22,26)(H,23,25)/t15?,18-/m0/s1. The number of aryl methyl sites for hydroxylation is 1. The van der Waals surface area contributed by atoms with E-state index < -0.39 is 6.04 Å². The molecule has 6 nitrogen and oxygen atoms in total. The van der Waals surface area contributed by atoms with Gasteiger partial charge in [0, 0.05) is 24.8 Å². The highest BCUT2D eigenvalue weighted by Gasteiger charge is 2.23. The lowest BCUT2D eigenvalue weighted by atomic mass is 10.0. The van der Waals surface area contributed by atoms with Gasteiger partial charge in [-0.15, -0.1) is 0 Å². The first-order valence-electron chi connectivity index (χ1n) is 9.11. The highest BCUT2D eigenvalue weighted by atomic mass is 19.1. The molecule has 1 aromatic rings. The Morgan fingerprint density at radius 2 is 2.12 bits per heavy atom. The maximum Gasteiger partial charge on any atom is 0.239 e. The second kappa shape index (κ2) is 8.98. The van der Waals surface area contributed by atoms with E-state index in [1.807, 2.05) is 20.8 Å². The number of hydrogen-bond donors (Lipinski definition) is 3. The van der Waals surface area contributed by atoms with Crippen molar-refractivity contribution in [3.63, 3.8) is 0 Å². The summed E-state index contributed by atoms with van der Waals surface area (Å²) in [6.07, 6.45) is 1.81. The molecule has 0 aromatic heterocycles. The van der Waals surface area contributed by atoms with Crippen molar-refractivity contribution in [3.8, 4) is 0 Å². The molecular weight excluding hydrogens is 335 g/mol. The molecule has 1 aromatic carbocycles. The van der Waals surface area contributed by atoms with E-state index in [9.17, 15) is 14.0 Å². The van der Waals surface area contributed by atoms with Crippen LogP contribution in [0.3, 0.4) is 0 Å². The minimum Gasteiger partial charge on any atom is -0.369 e. The number of halogens is 1. The van der Waals surface area contributed by atoms with E-state index in [2.05, 4.69) is 15.5 Å². The molecule has 26 heavy (non-hydrogen) atoms. The molecule has 1 fully saturated rings. The summed E-state index contributed by atoms with van der Waals surface area (Å²) in [6.45, 7) is 7.06. The van der Waals surface area contributed by atoms with Gasteiger partial charge in [0.2, 0.25) is 11.8 Å². The van der Waals surface area contributed by atoms with E-state index >= 15 is 0 Å². The Morgan fingerprint density at radius 1 is 1.38 bits per heavy atom. The van der Waals surface area contributed by atoms with Crippen molar-refractivity contribution >= 4 is 17.5 Å². The fraction of sp³-hybridized carbons (Fsp3) is 0.579. The van der Waals surface area contributed by atoms with Crippen LogP contribution in [0.4, 0.5) is 10.1 Å². The van der Waals surface area contributed by atoms with Crippen LogP contribution in [0.5, 0.6) is 0 Å². The molecule has 1 saturated heterocycles. The van der Waals surface area contributed by atoms with Crippen LogP contribution in [0.15, 0.2) is 18.2 Å². The topological polar surface area (TPSA) is 87.5 Å². The summed E-state index contributed by atoms with van der Waals surface area (Å²) in [5, 5.41) is 5.54. The molecule has 0 aliphatic carbocycles. The first-order valence-corrected chi connectivity index (χ1v) is 9.11. The van der Waals surface area contributed by atoms with Gasteiger partial charge >= 0.3 is 0 Å². The van der Waals surface area contributed by atoms with E-state index in [0.29, 0.717) is 6.54 Å². The number of piperidine rings is 1. The smallest absolute Gasteiger partial charge is 0.239 e. The van der Waals surface area contributed by atoms with E-state index in [-0.39, 0.29) is 36.1 Å². The number of anilines is 1. The largest absolute Gasteiger partial charge is 0.369 e. The van der Waals surface area contributed by atoms with Crippen LogP contribution >= 0.6 is 0 Å². The zero-order valence-electron chi connectivity index (χ0n) is 15.7. The van der Waals surface area contributed by atoms with Crippen LogP contribution < -0.4 is 21.3 Å². The second-order valence-corrected chi connectivity index (χ2v) is 7.27. The lowest BCUT2D eigenvalue weighted by molar-refractivity contribution is -0.127. The molecular formula is C19H29FN4O2. The van der Waals surface area contributed by atoms with Crippen LogP contribution in [0.1, 0.15) is 32.3 Å². The van der Waals surface area contributed by atoms with Crippen LogP contribution in [0.25, 0.3) is 0 Å². The fourth-order valence-corrected chi connectivity index (χ4v) is 3.15. The van der Waals surface area contributed by atoms with Gasteiger partial charge in [0.25, 0.3) is 0 Å². The SMILES string of the molecule is Cc1cc(F)ccc1N1CCCC(NC(=O)CNC(=O)[C@@H](N)C(C)C)C1. The van der Waals surface area contributed by atoms with Gasteiger partial charge in [-0.05, 0) is 49.4 Å². The molecule has 1 heterocycles. The average Bonchev–Trinajstić information content (AvgIpc) is 2.59. The van der Waals surface area contributed by atoms with Crippen LogP contribution in [0.2, 0.25) is 0 Å². The number of hydrogen-bond acceptors (Lipinski definition) is 4. The van der Waals surface area contributed by atoms with Crippen molar-refractivity contribution in [1.29, 1.82) is 0 Å². The molecule has 0 bridgehead atoms. The van der Waals surface area contributed by atoms with Gasteiger partial charge in [0.15, 0.2) is 0 Å². The van der Waals surface area contributed by atoms with E-state index in [0.717, 1.165) is 30.6 Å². The zero-order valence-corrected chi connectivity index (χ0v) is 15.7. The maximum absolute atomic E-state index is 13.3. The Morgan fingerprint density at radius 3 is 2.77 bits per heavy atom. The highest BCUT2D eigenvalue weighted by Crippen LogP contribution is 2.24. The normalized spacial score (nSPS) is 18.5. The average molecular weight is 364 g/mol. The minimum absolute atomic E-state index is 0.00335. The number of benzene rings is 1. The Hall–Kier alpha value is -2.15. The molecule has 2 rings (SSSR count). The van der Waals surface area contributed by atoms with Gasteiger partial charge in [-0.3, -0.25) is 9.59 Å². The molecule has 7 heteroatoms. The van der Waals surface area contributed by atoms with E-state index in [1.165, 1.54) is 12.1 Å². The minimum atomic E-state index is -0.616. The number of nitrogens with two attached hydrogens (primary N) is 1. The monoisotopic (exact) mass is 364 g/mol. The van der Waals surface area contributed by atoms with E-state index in [4.69, 9.17) is 5.73 Å². The van der Waals surface area contributed by atoms with Crippen molar-refractivity contribution in [3.05, 3.63) is 29.6 Å². The number of nitrogens with one attached hydrogen (secondary N) is 2. The molecule has 2 atom stereocenters. The quantitative estimate of drug-likeness (QED) is 0.710. The summed E-state index contributed by atoms with van der Waals surface area (Å²) in [7, 11) is 0. The van der Waals surface area contributed by atoms with Crippen molar-refractivity contribution in [2.45, 2.75) is 45.7 Å². The lowest BCUT2D eigenvalue weighted by Gasteiger charge is -2.35. The van der Waals surface area contributed by atoms with Crippen molar-refractivity contribution in [2.24, 2.45) is 11.7 Å². The number of rotatable bonds is 6. The Bertz CT molecular complexity index is 650. The van der Waals surface area contributed by atoms with Gasteiger partial charge in [-0.25, -0.2) is 4.39 Å². The maximum atomic E-state index is 13.3.